The lowest BCUT2D eigenvalue weighted by molar-refractivity contribution is -0.117. The Kier molecular flexibility index (Phi) is 6.03. The summed E-state index contributed by atoms with van der Waals surface area (Å²) in [5.41, 5.74) is 3.59. The number of nitriles is 1. The van der Waals surface area contributed by atoms with E-state index in [1.165, 1.54) is 0 Å². The minimum atomic E-state index is -0.382. The number of rotatable bonds is 6. The SMILES string of the molecule is CC(C)NC(=O)/C(C#N)=C/c1cn(Cc2ccccc2)nc1-c1ccccc1. The van der Waals surface area contributed by atoms with Gasteiger partial charge in [-0.2, -0.15) is 10.4 Å². The molecule has 3 rings (SSSR count). The molecule has 0 saturated heterocycles. The van der Waals surface area contributed by atoms with Crippen molar-refractivity contribution in [3.8, 4) is 17.3 Å². The van der Waals surface area contributed by atoms with Gasteiger partial charge in [0, 0.05) is 23.4 Å². The second kappa shape index (κ2) is 8.83. The number of aromatic nitrogens is 2. The summed E-state index contributed by atoms with van der Waals surface area (Å²) in [5, 5.41) is 16.9. The molecule has 140 valence electrons. The Morgan fingerprint density at radius 2 is 1.79 bits per heavy atom. The molecule has 0 bridgehead atoms. The predicted molar refractivity (Wildman–Crippen MR) is 110 cm³/mol. The van der Waals surface area contributed by atoms with Crippen molar-refractivity contribution in [2.75, 3.05) is 0 Å². The highest BCUT2D eigenvalue weighted by atomic mass is 16.1. The van der Waals surface area contributed by atoms with E-state index in [9.17, 15) is 10.1 Å². The smallest absolute Gasteiger partial charge is 0.262 e. The highest BCUT2D eigenvalue weighted by Crippen LogP contribution is 2.24. The van der Waals surface area contributed by atoms with Crippen molar-refractivity contribution in [1.29, 1.82) is 5.26 Å². The summed E-state index contributed by atoms with van der Waals surface area (Å²) in [4.78, 5) is 12.3. The van der Waals surface area contributed by atoms with Gasteiger partial charge in [0.05, 0.1) is 12.2 Å². The maximum Gasteiger partial charge on any atom is 0.262 e. The number of benzene rings is 2. The Bertz CT molecular complexity index is 1010. The number of carbonyl (C=O) groups is 1. The van der Waals surface area contributed by atoms with Gasteiger partial charge in [-0.3, -0.25) is 9.48 Å². The summed E-state index contributed by atoms with van der Waals surface area (Å²) in [6.45, 7) is 4.33. The molecular formula is C23H22N4O. The van der Waals surface area contributed by atoms with Gasteiger partial charge in [-0.1, -0.05) is 60.7 Å². The molecule has 0 aliphatic heterocycles. The van der Waals surface area contributed by atoms with Crippen molar-refractivity contribution in [2.24, 2.45) is 0 Å². The molecule has 0 spiro atoms. The summed E-state index contributed by atoms with van der Waals surface area (Å²) in [5.74, 6) is -0.382. The van der Waals surface area contributed by atoms with Gasteiger partial charge in [0.25, 0.3) is 5.91 Å². The molecule has 1 aromatic heterocycles. The number of nitrogens with one attached hydrogen (secondary N) is 1. The van der Waals surface area contributed by atoms with E-state index in [-0.39, 0.29) is 17.5 Å². The molecule has 0 radical (unpaired) electrons. The van der Waals surface area contributed by atoms with Crippen LogP contribution in [0.5, 0.6) is 0 Å². The van der Waals surface area contributed by atoms with E-state index in [4.69, 9.17) is 5.10 Å². The molecule has 0 aliphatic rings. The largest absolute Gasteiger partial charge is 0.349 e. The summed E-state index contributed by atoms with van der Waals surface area (Å²) in [7, 11) is 0. The van der Waals surface area contributed by atoms with Gasteiger partial charge < -0.3 is 5.32 Å². The Morgan fingerprint density at radius 3 is 2.39 bits per heavy atom. The zero-order chi connectivity index (χ0) is 19.9. The van der Waals surface area contributed by atoms with Gasteiger partial charge in [-0.15, -0.1) is 0 Å². The van der Waals surface area contributed by atoms with Crippen LogP contribution in [0.25, 0.3) is 17.3 Å². The van der Waals surface area contributed by atoms with Crippen LogP contribution < -0.4 is 5.32 Å². The minimum absolute atomic E-state index is 0.0429. The molecule has 0 saturated carbocycles. The van der Waals surface area contributed by atoms with E-state index >= 15 is 0 Å². The second-order valence-corrected chi connectivity index (χ2v) is 6.78. The highest BCUT2D eigenvalue weighted by Gasteiger charge is 2.15. The Hall–Kier alpha value is -3.65. The molecule has 3 aromatic rings. The van der Waals surface area contributed by atoms with E-state index in [1.807, 2.05) is 91.5 Å². The molecule has 1 N–H and O–H groups in total. The van der Waals surface area contributed by atoms with E-state index in [0.29, 0.717) is 6.54 Å². The molecule has 1 amide bonds. The van der Waals surface area contributed by atoms with Crippen LogP contribution in [0.4, 0.5) is 0 Å². The molecule has 28 heavy (non-hydrogen) atoms. The van der Waals surface area contributed by atoms with Gasteiger partial charge >= 0.3 is 0 Å². The molecular weight excluding hydrogens is 348 g/mol. The Balaban J connectivity index is 2.02. The zero-order valence-corrected chi connectivity index (χ0v) is 16.0. The first kappa shape index (κ1) is 19.1. The summed E-state index contributed by atoms with van der Waals surface area (Å²) in [6, 6.07) is 21.7. The van der Waals surface area contributed by atoms with Crippen LogP contribution >= 0.6 is 0 Å². The van der Waals surface area contributed by atoms with Crippen LogP contribution in [-0.2, 0) is 11.3 Å². The fraction of sp³-hybridized carbons (Fsp3) is 0.174. The first-order valence-corrected chi connectivity index (χ1v) is 9.16. The lowest BCUT2D eigenvalue weighted by Gasteiger charge is -2.06. The molecule has 5 nitrogen and oxygen atoms in total. The molecule has 1 heterocycles. The summed E-state index contributed by atoms with van der Waals surface area (Å²) >= 11 is 0. The molecule has 5 heteroatoms. The van der Waals surface area contributed by atoms with Gasteiger partial charge in [0.1, 0.15) is 11.6 Å². The van der Waals surface area contributed by atoms with Crippen LogP contribution in [0.2, 0.25) is 0 Å². The van der Waals surface area contributed by atoms with Gasteiger partial charge in [-0.25, -0.2) is 0 Å². The second-order valence-electron chi connectivity index (χ2n) is 6.78. The van der Waals surface area contributed by atoms with Crippen LogP contribution in [0, 0.1) is 11.3 Å². The number of carbonyl (C=O) groups excluding carboxylic acids is 1. The van der Waals surface area contributed by atoms with Crippen molar-refractivity contribution in [3.05, 3.63) is 83.6 Å². The zero-order valence-electron chi connectivity index (χ0n) is 16.0. The Morgan fingerprint density at radius 1 is 1.14 bits per heavy atom. The topological polar surface area (TPSA) is 70.7 Å². The molecule has 0 aliphatic carbocycles. The maximum absolute atomic E-state index is 12.3. The fourth-order valence-electron chi connectivity index (χ4n) is 2.86. The molecule has 0 fully saturated rings. The van der Waals surface area contributed by atoms with E-state index < -0.39 is 0 Å². The monoisotopic (exact) mass is 370 g/mol. The quantitative estimate of drug-likeness (QED) is 0.526. The van der Waals surface area contributed by atoms with Crippen LogP contribution in [-0.4, -0.2) is 21.7 Å². The summed E-state index contributed by atoms with van der Waals surface area (Å²) in [6.07, 6.45) is 3.48. The fourth-order valence-corrected chi connectivity index (χ4v) is 2.86. The normalized spacial score (nSPS) is 11.3. The van der Waals surface area contributed by atoms with Crippen molar-refractivity contribution < 1.29 is 4.79 Å². The van der Waals surface area contributed by atoms with E-state index in [0.717, 1.165) is 22.4 Å². The van der Waals surface area contributed by atoms with Crippen molar-refractivity contribution in [2.45, 2.75) is 26.4 Å². The van der Waals surface area contributed by atoms with E-state index in [1.54, 1.807) is 6.08 Å². The van der Waals surface area contributed by atoms with Crippen molar-refractivity contribution in [3.63, 3.8) is 0 Å². The third-order valence-corrected chi connectivity index (χ3v) is 4.11. The van der Waals surface area contributed by atoms with E-state index in [2.05, 4.69) is 5.32 Å². The molecule has 0 unspecified atom stereocenters. The van der Waals surface area contributed by atoms with Crippen molar-refractivity contribution >= 4 is 12.0 Å². The Labute approximate surface area is 164 Å². The average molecular weight is 370 g/mol. The lowest BCUT2D eigenvalue weighted by Crippen LogP contribution is -2.30. The van der Waals surface area contributed by atoms with Crippen molar-refractivity contribution in [1.82, 2.24) is 15.1 Å². The maximum atomic E-state index is 12.3. The summed E-state index contributed by atoms with van der Waals surface area (Å²) < 4.78 is 1.83. The number of nitrogens with zero attached hydrogens (tertiary/aromatic N) is 3. The van der Waals surface area contributed by atoms with Crippen LogP contribution in [0.15, 0.2) is 72.4 Å². The third-order valence-electron chi connectivity index (χ3n) is 4.11. The highest BCUT2D eigenvalue weighted by molar-refractivity contribution is 6.02. The number of amides is 1. The number of hydrogen-bond donors (Lipinski definition) is 1. The van der Waals surface area contributed by atoms with Crippen LogP contribution in [0.1, 0.15) is 25.0 Å². The minimum Gasteiger partial charge on any atom is -0.349 e. The standard InChI is InChI=1S/C23H22N4O/c1-17(2)25-23(28)20(14-24)13-21-16-27(15-18-9-5-3-6-10-18)26-22(21)19-11-7-4-8-12-19/h3-13,16-17H,15H2,1-2H3,(H,25,28)/b20-13+. The van der Waals surface area contributed by atoms with Gasteiger partial charge in [0.15, 0.2) is 0 Å². The number of hydrogen-bond acceptors (Lipinski definition) is 3. The van der Waals surface area contributed by atoms with Gasteiger partial charge in [0.2, 0.25) is 0 Å². The molecule has 0 atom stereocenters. The molecule has 2 aromatic carbocycles. The predicted octanol–water partition coefficient (Wildman–Crippen LogP) is 4.03. The van der Waals surface area contributed by atoms with Crippen LogP contribution in [0.3, 0.4) is 0 Å². The average Bonchev–Trinajstić information content (AvgIpc) is 3.09. The lowest BCUT2D eigenvalue weighted by atomic mass is 10.1. The third kappa shape index (κ3) is 4.74. The first-order valence-electron chi connectivity index (χ1n) is 9.16. The van der Waals surface area contributed by atoms with Gasteiger partial charge in [-0.05, 0) is 25.5 Å². The first-order chi connectivity index (χ1) is 13.6.